The minimum Gasteiger partial charge on any atom is -0.444 e. The summed E-state index contributed by atoms with van der Waals surface area (Å²) in [5.74, 6) is -0.415. The zero-order valence-corrected chi connectivity index (χ0v) is 16.7. The molecule has 3 rings (SSSR count). The van der Waals surface area contributed by atoms with Crippen molar-refractivity contribution in [1.29, 1.82) is 0 Å². The fourth-order valence-corrected chi connectivity index (χ4v) is 3.93. The Bertz CT molecular complexity index is 622. The van der Waals surface area contributed by atoms with Crippen LogP contribution in [0.4, 0.5) is 9.59 Å². The third-order valence-electron chi connectivity index (χ3n) is 5.35. The Hall–Kier alpha value is -2.07. The standard InChI is InChI=1S/C18H30N4O6/c1-18(2,3)28-17(25)20-9-5-4-6-13(20)11-27-19-15(23)14-8-7-12-10-21(14)16(24)22(12)26/h12-14,26H,4-11H2,1-3H3,(H,19,23)/t12-,13-,14+/m1/s1. The van der Waals surface area contributed by atoms with E-state index in [1.54, 1.807) is 4.90 Å². The molecule has 3 heterocycles. The number of fused-ring (bicyclic) bond motifs is 2. The molecule has 0 aromatic heterocycles. The van der Waals surface area contributed by atoms with Gasteiger partial charge in [-0.1, -0.05) is 0 Å². The van der Waals surface area contributed by atoms with Gasteiger partial charge in [0.1, 0.15) is 11.6 Å². The molecule has 0 spiro atoms. The quantitative estimate of drug-likeness (QED) is 0.548. The number of ether oxygens (including phenoxy) is 1. The van der Waals surface area contributed by atoms with E-state index in [0.29, 0.717) is 31.0 Å². The van der Waals surface area contributed by atoms with Crippen LogP contribution in [0.3, 0.4) is 0 Å². The summed E-state index contributed by atoms with van der Waals surface area (Å²) < 4.78 is 5.46. The molecular formula is C18H30N4O6. The predicted molar refractivity (Wildman–Crippen MR) is 97.2 cm³/mol. The molecule has 3 aliphatic rings. The molecule has 0 saturated carbocycles. The maximum absolute atomic E-state index is 12.4. The Morgan fingerprint density at radius 3 is 2.68 bits per heavy atom. The first-order chi connectivity index (χ1) is 13.2. The van der Waals surface area contributed by atoms with Crippen LogP contribution in [0.5, 0.6) is 0 Å². The van der Waals surface area contributed by atoms with Gasteiger partial charge in [0.2, 0.25) is 0 Å². The van der Waals surface area contributed by atoms with Crippen LogP contribution >= 0.6 is 0 Å². The van der Waals surface area contributed by atoms with Crippen molar-refractivity contribution in [2.24, 2.45) is 0 Å². The van der Waals surface area contributed by atoms with Gasteiger partial charge in [-0.05, 0) is 52.9 Å². The molecule has 158 valence electrons. The smallest absolute Gasteiger partial charge is 0.410 e. The average molecular weight is 398 g/mol. The fraction of sp³-hybridized carbons (Fsp3) is 0.833. The molecule has 2 bridgehead atoms. The monoisotopic (exact) mass is 398 g/mol. The molecule has 3 saturated heterocycles. The number of nitrogens with zero attached hydrogens (tertiary/aromatic N) is 3. The summed E-state index contributed by atoms with van der Waals surface area (Å²) >= 11 is 0. The largest absolute Gasteiger partial charge is 0.444 e. The van der Waals surface area contributed by atoms with E-state index in [1.807, 2.05) is 20.8 Å². The molecule has 2 N–H and O–H groups in total. The number of hydrogen-bond donors (Lipinski definition) is 2. The third-order valence-corrected chi connectivity index (χ3v) is 5.35. The Kier molecular flexibility index (Phi) is 5.99. The lowest BCUT2D eigenvalue weighted by Crippen LogP contribution is -2.52. The highest BCUT2D eigenvalue weighted by molar-refractivity contribution is 5.87. The van der Waals surface area contributed by atoms with Gasteiger partial charge in [-0.2, -0.15) is 0 Å². The second kappa shape index (κ2) is 8.12. The number of amides is 4. The Morgan fingerprint density at radius 1 is 1.21 bits per heavy atom. The molecule has 0 unspecified atom stereocenters. The summed E-state index contributed by atoms with van der Waals surface area (Å²) in [5, 5.41) is 10.4. The highest BCUT2D eigenvalue weighted by Crippen LogP contribution is 2.28. The second-order valence-electron chi connectivity index (χ2n) is 8.63. The minimum absolute atomic E-state index is 0.153. The van der Waals surface area contributed by atoms with Crippen LogP contribution in [0.2, 0.25) is 0 Å². The van der Waals surface area contributed by atoms with Gasteiger partial charge in [0.25, 0.3) is 5.91 Å². The first kappa shape index (κ1) is 20.7. The molecule has 0 aliphatic carbocycles. The maximum atomic E-state index is 12.4. The number of urea groups is 1. The first-order valence-electron chi connectivity index (χ1n) is 9.87. The molecule has 3 fully saturated rings. The normalized spacial score (nSPS) is 27.8. The Balaban J connectivity index is 1.50. The molecule has 10 heteroatoms. The zero-order chi connectivity index (χ0) is 20.5. The van der Waals surface area contributed by atoms with Crippen molar-refractivity contribution in [2.45, 2.75) is 76.6 Å². The van der Waals surface area contributed by atoms with Crippen molar-refractivity contribution >= 4 is 18.0 Å². The van der Waals surface area contributed by atoms with Gasteiger partial charge in [-0.3, -0.25) is 14.8 Å². The molecular weight excluding hydrogens is 368 g/mol. The molecule has 3 atom stereocenters. The number of hydroxylamine groups is 3. The number of nitrogens with one attached hydrogen (secondary N) is 1. The van der Waals surface area contributed by atoms with Gasteiger partial charge in [0, 0.05) is 13.1 Å². The number of rotatable bonds is 4. The number of likely N-dealkylation sites (tertiary alicyclic amines) is 1. The Labute approximate surface area is 164 Å². The van der Waals surface area contributed by atoms with E-state index in [-0.39, 0.29) is 24.8 Å². The molecule has 0 aromatic carbocycles. The summed E-state index contributed by atoms with van der Waals surface area (Å²) in [6.45, 7) is 6.55. The topological polar surface area (TPSA) is 112 Å². The lowest BCUT2D eigenvalue weighted by Gasteiger charge is -2.36. The van der Waals surface area contributed by atoms with Crippen molar-refractivity contribution < 1.29 is 29.2 Å². The molecule has 28 heavy (non-hydrogen) atoms. The SMILES string of the molecule is CC(C)(C)OC(=O)N1CCCC[C@@H]1CONC(=O)[C@@H]1CC[C@@H]2CN1C(=O)N2O. The van der Waals surface area contributed by atoms with E-state index >= 15 is 0 Å². The predicted octanol–water partition coefficient (Wildman–Crippen LogP) is 1.48. The molecule has 0 radical (unpaired) electrons. The summed E-state index contributed by atoms with van der Waals surface area (Å²) in [6.07, 6.45) is 3.29. The molecule has 4 amide bonds. The van der Waals surface area contributed by atoms with Crippen molar-refractivity contribution in [1.82, 2.24) is 20.3 Å². The van der Waals surface area contributed by atoms with E-state index in [2.05, 4.69) is 5.48 Å². The maximum Gasteiger partial charge on any atom is 0.410 e. The van der Waals surface area contributed by atoms with Crippen LogP contribution in [0.1, 0.15) is 52.9 Å². The van der Waals surface area contributed by atoms with Gasteiger partial charge in [0.05, 0.1) is 18.7 Å². The van der Waals surface area contributed by atoms with Gasteiger partial charge < -0.3 is 14.5 Å². The highest BCUT2D eigenvalue weighted by atomic mass is 16.7. The van der Waals surface area contributed by atoms with Gasteiger partial charge >= 0.3 is 12.1 Å². The van der Waals surface area contributed by atoms with Crippen molar-refractivity contribution in [2.75, 3.05) is 19.7 Å². The molecule has 10 nitrogen and oxygen atoms in total. The van der Waals surface area contributed by atoms with E-state index < -0.39 is 23.6 Å². The summed E-state index contributed by atoms with van der Waals surface area (Å²) in [7, 11) is 0. The van der Waals surface area contributed by atoms with E-state index in [4.69, 9.17) is 9.57 Å². The number of carbonyl (C=O) groups excluding carboxylic acids is 3. The van der Waals surface area contributed by atoms with Gasteiger partial charge in [-0.25, -0.2) is 20.1 Å². The van der Waals surface area contributed by atoms with Crippen LogP contribution in [0.15, 0.2) is 0 Å². The van der Waals surface area contributed by atoms with Crippen LogP contribution in [0.25, 0.3) is 0 Å². The van der Waals surface area contributed by atoms with Crippen molar-refractivity contribution in [3.05, 3.63) is 0 Å². The van der Waals surface area contributed by atoms with Crippen molar-refractivity contribution in [3.63, 3.8) is 0 Å². The van der Waals surface area contributed by atoms with Gasteiger partial charge in [-0.15, -0.1) is 0 Å². The summed E-state index contributed by atoms with van der Waals surface area (Å²) in [6, 6.07) is -1.64. The first-order valence-corrected chi connectivity index (χ1v) is 9.87. The third kappa shape index (κ3) is 4.49. The molecule has 0 aromatic rings. The van der Waals surface area contributed by atoms with E-state index in [0.717, 1.165) is 19.3 Å². The van der Waals surface area contributed by atoms with Gasteiger partial charge in [0.15, 0.2) is 0 Å². The van der Waals surface area contributed by atoms with Crippen LogP contribution in [-0.4, -0.2) is 81.5 Å². The Morgan fingerprint density at radius 2 is 1.96 bits per heavy atom. The zero-order valence-electron chi connectivity index (χ0n) is 16.7. The van der Waals surface area contributed by atoms with E-state index in [9.17, 15) is 19.6 Å². The van der Waals surface area contributed by atoms with Crippen molar-refractivity contribution in [3.8, 4) is 0 Å². The second-order valence-corrected chi connectivity index (χ2v) is 8.63. The summed E-state index contributed by atoms with van der Waals surface area (Å²) in [5.41, 5.74) is 1.84. The average Bonchev–Trinajstić information content (AvgIpc) is 2.85. The molecule has 3 aliphatic heterocycles. The van der Waals surface area contributed by atoms with Crippen LogP contribution in [-0.2, 0) is 14.4 Å². The van der Waals surface area contributed by atoms with Crippen LogP contribution < -0.4 is 5.48 Å². The number of piperidine rings is 2. The summed E-state index contributed by atoms with van der Waals surface area (Å²) in [4.78, 5) is 45.3. The van der Waals surface area contributed by atoms with Crippen LogP contribution in [0, 0.1) is 0 Å². The minimum atomic E-state index is -0.658. The lowest BCUT2D eigenvalue weighted by atomic mass is 10.0. The van der Waals surface area contributed by atoms with E-state index in [1.165, 1.54) is 4.90 Å². The number of hydrogen-bond acceptors (Lipinski definition) is 6. The highest BCUT2D eigenvalue weighted by Gasteiger charge is 2.46. The fourth-order valence-electron chi connectivity index (χ4n) is 3.93. The lowest BCUT2D eigenvalue weighted by molar-refractivity contribution is -0.140. The number of carbonyl (C=O) groups is 3.